The van der Waals surface area contributed by atoms with Crippen LogP contribution >= 0.6 is 0 Å². The van der Waals surface area contributed by atoms with Crippen molar-refractivity contribution in [1.82, 2.24) is 9.97 Å². The van der Waals surface area contributed by atoms with Crippen molar-refractivity contribution >= 4 is 5.82 Å². The molecule has 1 heterocycles. The molecule has 0 aliphatic carbocycles. The number of aromatic nitrogens is 2. The first-order valence-corrected chi connectivity index (χ1v) is 6.23. The Hall–Kier alpha value is -2.37. The molecule has 0 amide bonds. The first-order valence-electron chi connectivity index (χ1n) is 6.23. The first-order chi connectivity index (χ1) is 9.67. The van der Waals surface area contributed by atoms with Gasteiger partial charge in [0.25, 0.3) is 5.88 Å². The van der Waals surface area contributed by atoms with Crippen LogP contribution in [0, 0.1) is 12.7 Å². The van der Waals surface area contributed by atoms with E-state index in [-0.39, 0.29) is 11.6 Å². The zero-order chi connectivity index (χ0) is 14.5. The SMILES string of the molecule is CCNc1ncnc(Oc2cccc(C)c2F)c1OC. The second-order valence-electron chi connectivity index (χ2n) is 4.08. The minimum absolute atomic E-state index is 0.101. The van der Waals surface area contributed by atoms with Gasteiger partial charge in [0, 0.05) is 6.54 Å². The fourth-order valence-electron chi connectivity index (χ4n) is 1.71. The fourth-order valence-corrected chi connectivity index (χ4v) is 1.71. The van der Waals surface area contributed by atoms with Crippen LogP contribution in [0.5, 0.6) is 17.4 Å². The Bertz CT molecular complexity index is 605. The molecule has 1 aromatic heterocycles. The highest BCUT2D eigenvalue weighted by Crippen LogP contribution is 2.35. The van der Waals surface area contributed by atoms with E-state index >= 15 is 0 Å². The zero-order valence-electron chi connectivity index (χ0n) is 11.6. The maximum absolute atomic E-state index is 13.9. The second-order valence-corrected chi connectivity index (χ2v) is 4.08. The minimum Gasteiger partial charge on any atom is -0.489 e. The molecular formula is C14H16FN3O2. The lowest BCUT2D eigenvalue weighted by Gasteiger charge is -2.13. The molecule has 1 aromatic carbocycles. The number of nitrogens with zero attached hydrogens (tertiary/aromatic N) is 2. The van der Waals surface area contributed by atoms with E-state index in [1.54, 1.807) is 19.1 Å². The number of ether oxygens (including phenoxy) is 2. The third-order valence-corrected chi connectivity index (χ3v) is 2.68. The Kier molecular flexibility index (Phi) is 4.34. The molecule has 6 heteroatoms. The summed E-state index contributed by atoms with van der Waals surface area (Å²) in [5.74, 6) is 0.703. The lowest BCUT2D eigenvalue weighted by molar-refractivity contribution is 0.360. The van der Waals surface area contributed by atoms with Crippen molar-refractivity contribution in [2.24, 2.45) is 0 Å². The van der Waals surface area contributed by atoms with Gasteiger partial charge in [-0.25, -0.2) is 9.37 Å². The molecule has 0 spiro atoms. The topological polar surface area (TPSA) is 56.3 Å². The number of halogens is 1. The average molecular weight is 277 g/mol. The van der Waals surface area contributed by atoms with Crippen LogP contribution in [0.3, 0.4) is 0 Å². The van der Waals surface area contributed by atoms with Crippen molar-refractivity contribution in [3.05, 3.63) is 35.9 Å². The van der Waals surface area contributed by atoms with Gasteiger partial charge in [-0.15, -0.1) is 0 Å². The molecule has 0 unspecified atom stereocenters. The van der Waals surface area contributed by atoms with Crippen LogP contribution in [0.2, 0.25) is 0 Å². The van der Waals surface area contributed by atoms with Gasteiger partial charge < -0.3 is 14.8 Å². The van der Waals surface area contributed by atoms with Gasteiger partial charge in [0.1, 0.15) is 6.33 Å². The lowest BCUT2D eigenvalue weighted by Crippen LogP contribution is -2.04. The number of benzene rings is 1. The third kappa shape index (κ3) is 2.79. The van der Waals surface area contributed by atoms with Crippen LogP contribution < -0.4 is 14.8 Å². The summed E-state index contributed by atoms with van der Waals surface area (Å²) in [6.45, 7) is 4.28. The number of methoxy groups -OCH3 is 1. The maximum Gasteiger partial charge on any atom is 0.268 e. The molecule has 0 saturated heterocycles. The smallest absolute Gasteiger partial charge is 0.268 e. The average Bonchev–Trinajstić information content (AvgIpc) is 2.44. The van der Waals surface area contributed by atoms with Crippen molar-refractivity contribution < 1.29 is 13.9 Å². The highest BCUT2D eigenvalue weighted by molar-refractivity contribution is 5.55. The van der Waals surface area contributed by atoms with Crippen molar-refractivity contribution in [1.29, 1.82) is 0 Å². The zero-order valence-corrected chi connectivity index (χ0v) is 11.6. The minimum atomic E-state index is -0.418. The van der Waals surface area contributed by atoms with Gasteiger partial charge in [-0.2, -0.15) is 4.98 Å². The molecular weight excluding hydrogens is 261 g/mol. The molecule has 0 aliphatic rings. The molecule has 5 nitrogen and oxygen atoms in total. The summed E-state index contributed by atoms with van der Waals surface area (Å²) in [5, 5.41) is 3.03. The van der Waals surface area contributed by atoms with Crippen LogP contribution in [0.25, 0.3) is 0 Å². The van der Waals surface area contributed by atoms with Crippen molar-refractivity contribution in [3.8, 4) is 17.4 Å². The summed E-state index contributed by atoms with van der Waals surface area (Å²) < 4.78 is 24.7. The van der Waals surface area contributed by atoms with E-state index in [0.29, 0.717) is 23.7 Å². The van der Waals surface area contributed by atoms with E-state index in [2.05, 4.69) is 15.3 Å². The highest BCUT2D eigenvalue weighted by Gasteiger charge is 2.16. The van der Waals surface area contributed by atoms with Gasteiger partial charge in [-0.1, -0.05) is 12.1 Å². The van der Waals surface area contributed by atoms with Gasteiger partial charge in [-0.05, 0) is 25.5 Å². The summed E-state index contributed by atoms with van der Waals surface area (Å²) in [6, 6.07) is 4.92. The quantitative estimate of drug-likeness (QED) is 0.909. The molecule has 0 fully saturated rings. The van der Waals surface area contributed by atoms with E-state index in [1.807, 2.05) is 6.92 Å². The number of aryl methyl sites for hydroxylation is 1. The monoisotopic (exact) mass is 277 g/mol. The Morgan fingerprint density at radius 1 is 1.30 bits per heavy atom. The number of nitrogens with one attached hydrogen (secondary N) is 1. The summed E-state index contributed by atoms with van der Waals surface area (Å²) in [4.78, 5) is 8.05. The van der Waals surface area contributed by atoms with Crippen molar-refractivity contribution in [2.45, 2.75) is 13.8 Å². The molecule has 20 heavy (non-hydrogen) atoms. The number of hydrogen-bond donors (Lipinski definition) is 1. The Balaban J connectivity index is 2.38. The highest BCUT2D eigenvalue weighted by atomic mass is 19.1. The summed E-state index contributed by atoms with van der Waals surface area (Å²) in [7, 11) is 1.49. The van der Waals surface area contributed by atoms with E-state index < -0.39 is 5.82 Å². The third-order valence-electron chi connectivity index (χ3n) is 2.68. The van der Waals surface area contributed by atoms with E-state index in [9.17, 15) is 4.39 Å². The van der Waals surface area contributed by atoms with Crippen molar-refractivity contribution in [2.75, 3.05) is 19.0 Å². The lowest BCUT2D eigenvalue weighted by atomic mass is 10.2. The molecule has 1 N–H and O–H groups in total. The number of rotatable bonds is 5. The first kappa shape index (κ1) is 14.0. The number of anilines is 1. The molecule has 0 aliphatic heterocycles. The van der Waals surface area contributed by atoms with Gasteiger partial charge in [0.15, 0.2) is 17.4 Å². The van der Waals surface area contributed by atoms with Gasteiger partial charge in [-0.3, -0.25) is 0 Å². The molecule has 0 saturated carbocycles. The predicted molar refractivity (Wildman–Crippen MR) is 74.0 cm³/mol. The Morgan fingerprint density at radius 2 is 2.10 bits per heavy atom. The van der Waals surface area contributed by atoms with E-state index in [1.165, 1.54) is 19.5 Å². The molecule has 2 aromatic rings. The van der Waals surface area contributed by atoms with Gasteiger partial charge in [0.05, 0.1) is 7.11 Å². The van der Waals surface area contributed by atoms with E-state index in [0.717, 1.165) is 0 Å². The van der Waals surface area contributed by atoms with Crippen LogP contribution in [-0.2, 0) is 0 Å². The summed E-state index contributed by atoms with van der Waals surface area (Å²) >= 11 is 0. The Labute approximate surface area is 116 Å². The molecule has 0 bridgehead atoms. The largest absolute Gasteiger partial charge is 0.489 e. The molecule has 106 valence electrons. The molecule has 0 radical (unpaired) electrons. The van der Waals surface area contributed by atoms with Crippen molar-refractivity contribution in [3.63, 3.8) is 0 Å². The standard InChI is InChI=1S/C14H16FN3O2/c1-4-16-13-12(19-3)14(18-8-17-13)20-10-7-5-6-9(2)11(10)15/h5-8H,4H2,1-3H3,(H,16,17,18). The molecule has 0 atom stereocenters. The summed E-state index contributed by atoms with van der Waals surface area (Å²) in [6.07, 6.45) is 1.34. The fraction of sp³-hybridized carbons (Fsp3) is 0.286. The normalized spacial score (nSPS) is 10.2. The van der Waals surface area contributed by atoms with Crippen LogP contribution in [0.15, 0.2) is 24.5 Å². The maximum atomic E-state index is 13.9. The van der Waals surface area contributed by atoms with Gasteiger partial charge >= 0.3 is 0 Å². The van der Waals surface area contributed by atoms with E-state index in [4.69, 9.17) is 9.47 Å². The predicted octanol–water partition coefficient (Wildman–Crippen LogP) is 3.16. The summed E-state index contributed by atoms with van der Waals surface area (Å²) in [5.41, 5.74) is 0.502. The Morgan fingerprint density at radius 3 is 2.80 bits per heavy atom. The van der Waals surface area contributed by atoms with Crippen LogP contribution in [0.1, 0.15) is 12.5 Å². The number of hydrogen-bond acceptors (Lipinski definition) is 5. The second kappa shape index (κ2) is 6.18. The molecule has 2 rings (SSSR count). The van der Waals surface area contributed by atoms with Crippen LogP contribution in [0.4, 0.5) is 10.2 Å². The van der Waals surface area contributed by atoms with Gasteiger partial charge in [0.2, 0.25) is 5.75 Å². The van der Waals surface area contributed by atoms with Crippen LogP contribution in [-0.4, -0.2) is 23.6 Å².